The van der Waals surface area contributed by atoms with Gasteiger partial charge in [0.2, 0.25) is 6.54 Å². The van der Waals surface area contributed by atoms with E-state index in [1.807, 2.05) is 43.5 Å². The van der Waals surface area contributed by atoms with E-state index in [0.29, 0.717) is 28.0 Å². The van der Waals surface area contributed by atoms with Crippen molar-refractivity contribution in [1.29, 1.82) is 0 Å². The molecule has 1 heterocycles. The smallest absolute Gasteiger partial charge is 0.220 e. The molecule has 0 N–H and O–H groups in total. The molecular formula is C27H26ClFN4O4S. The third-order valence-corrected chi connectivity index (χ3v) is 7.49. The highest BCUT2D eigenvalue weighted by Gasteiger charge is 2.26. The molecule has 0 saturated heterocycles. The minimum atomic E-state index is -0.642. The number of rotatable bonds is 10. The zero-order chi connectivity index (χ0) is 27.4. The molecule has 11 heteroatoms. The van der Waals surface area contributed by atoms with Gasteiger partial charge in [0.25, 0.3) is 0 Å². The van der Waals surface area contributed by atoms with E-state index in [9.17, 15) is 14.5 Å². The fourth-order valence-corrected chi connectivity index (χ4v) is 5.28. The quantitative estimate of drug-likeness (QED) is 0.122. The van der Waals surface area contributed by atoms with Crippen molar-refractivity contribution in [3.63, 3.8) is 0 Å². The van der Waals surface area contributed by atoms with E-state index in [0.717, 1.165) is 22.4 Å². The van der Waals surface area contributed by atoms with Gasteiger partial charge in [0.1, 0.15) is 23.5 Å². The van der Waals surface area contributed by atoms with Gasteiger partial charge < -0.3 is 9.47 Å². The summed E-state index contributed by atoms with van der Waals surface area (Å²) in [5.74, 6) is 0.943. The van der Waals surface area contributed by atoms with Crippen molar-refractivity contribution < 1.29 is 18.8 Å². The molecule has 3 aromatic carbocycles. The SMILES string of the molecule is COc1cc([C@H](C[N+](=O)[O-])Sc2nnc(C)n2-c2ccc(C)c(C)c2)cc(Cl)c1OCc1ccc(F)cc1. The van der Waals surface area contributed by atoms with Crippen molar-refractivity contribution in [2.75, 3.05) is 13.7 Å². The molecule has 0 amide bonds. The largest absolute Gasteiger partial charge is 0.493 e. The summed E-state index contributed by atoms with van der Waals surface area (Å²) >= 11 is 7.80. The first-order chi connectivity index (χ1) is 18.2. The molecule has 4 aromatic rings. The van der Waals surface area contributed by atoms with Crippen LogP contribution in [0.15, 0.2) is 59.8 Å². The van der Waals surface area contributed by atoms with Gasteiger partial charge in [0, 0.05) is 10.6 Å². The van der Waals surface area contributed by atoms with E-state index in [2.05, 4.69) is 10.2 Å². The number of aryl methyl sites for hydroxylation is 3. The van der Waals surface area contributed by atoms with Crippen LogP contribution in [0.5, 0.6) is 11.5 Å². The third-order valence-electron chi connectivity index (χ3n) is 6.03. The Labute approximate surface area is 228 Å². The van der Waals surface area contributed by atoms with E-state index < -0.39 is 5.25 Å². The highest BCUT2D eigenvalue weighted by atomic mass is 35.5. The number of methoxy groups -OCH3 is 1. The van der Waals surface area contributed by atoms with Crippen molar-refractivity contribution in [3.8, 4) is 17.2 Å². The van der Waals surface area contributed by atoms with Crippen LogP contribution in [0.4, 0.5) is 4.39 Å². The van der Waals surface area contributed by atoms with Crippen LogP contribution in [0.25, 0.3) is 5.69 Å². The minimum absolute atomic E-state index is 0.140. The van der Waals surface area contributed by atoms with E-state index in [1.54, 1.807) is 24.3 Å². The lowest BCUT2D eigenvalue weighted by atomic mass is 10.1. The number of nitro groups is 1. The van der Waals surface area contributed by atoms with Gasteiger partial charge in [-0.2, -0.15) is 0 Å². The van der Waals surface area contributed by atoms with E-state index in [4.69, 9.17) is 21.1 Å². The first kappa shape index (κ1) is 27.4. The number of halogens is 2. The van der Waals surface area contributed by atoms with Gasteiger partial charge in [0.15, 0.2) is 16.7 Å². The van der Waals surface area contributed by atoms with Gasteiger partial charge in [-0.25, -0.2) is 4.39 Å². The van der Waals surface area contributed by atoms with Crippen LogP contribution in [0.2, 0.25) is 5.02 Å². The average molecular weight is 557 g/mol. The summed E-state index contributed by atoms with van der Waals surface area (Å²) in [4.78, 5) is 11.3. The van der Waals surface area contributed by atoms with Crippen molar-refractivity contribution in [2.24, 2.45) is 0 Å². The Morgan fingerprint density at radius 1 is 1.08 bits per heavy atom. The first-order valence-electron chi connectivity index (χ1n) is 11.7. The second kappa shape index (κ2) is 11.8. The Bertz CT molecular complexity index is 1460. The highest BCUT2D eigenvalue weighted by molar-refractivity contribution is 7.99. The van der Waals surface area contributed by atoms with Crippen molar-refractivity contribution >= 4 is 23.4 Å². The molecule has 0 aliphatic carbocycles. The summed E-state index contributed by atoms with van der Waals surface area (Å²) in [7, 11) is 1.47. The molecule has 1 atom stereocenters. The highest BCUT2D eigenvalue weighted by Crippen LogP contribution is 2.43. The van der Waals surface area contributed by atoms with Crippen LogP contribution < -0.4 is 9.47 Å². The molecule has 0 aliphatic heterocycles. The standard InChI is InChI=1S/C27H26ClFN4O4S/c1-16-5-10-22(11-17(16)2)33-18(3)30-31-27(33)38-25(14-32(34)35)20-12-23(28)26(24(13-20)36-4)37-15-19-6-8-21(29)9-7-19/h5-13,25H,14-15H2,1-4H3/t25-/m0/s1. The molecule has 0 unspecified atom stereocenters. The summed E-state index contributed by atoms with van der Waals surface area (Å²) in [6.45, 7) is 5.65. The lowest BCUT2D eigenvalue weighted by Crippen LogP contribution is -2.12. The van der Waals surface area contributed by atoms with Crippen LogP contribution in [-0.4, -0.2) is 33.3 Å². The van der Waals surface area contributed by atoms with Gasteiger partial charge in [-0.1, -0.05) is 41.6 Å². The average Bonchev–Trinajstić information content (AvgIpc) is 3.24. The minimum Gasteiger partial charge on any atom is -0.493 e. The number of thioether (sulfide) groups is 1. The number of benzene rings is 3. The molecule has 0 bridgehead atoms. The zero-order valence-electron chi connectivity index (χ0n) is 21.3. The summed E-state index contributed by atoms with van der Waals surface area (Å²) in [5, 5.41) is 20.3. The molecule has 198 valence electrons. The molecule has 0 fully saturated rings. The topological polar surface area (TPSA) is 92.3 Å². The molecule has 0 radical (unpaired) electrons. The number of hydrogen-bond donors (Lipinski definition) is 0. The van der Waals surface area contributed by atoms with Crippen molar-refractivity contribution in [3.05, 3.63) is 104 Å². The summed E-state index contributed by atoms with van der Waals surface area (Å²) in [5.41, 5.74) is 4.47. The van der Waals surface area contributed by atoms with Crippen molar-refractivity contribution in [2.45, 2.75) is 37.8 Å². The Morgan fingerprint density at radius 3 is 2.47 bits per heavy atom. The molecular weight excluding hydrogens is 531 g/mol. The maximum Gasteiger partial charge on any atom is 0.220 e. The van der Waals surface area contributed by atoms with Crippen LogP contribution >= 0.6 is 23.4 Å². The van der Waals surface area contributed by atoms with Gasteiger partial charge in [-0.15, -0.1) is 10.2 Å². The molecule has 0 spiro atoms. The number of hydrogen-bond acceptors (Lipinski definition) is 7. The van der Waals surface area contributed by atoms with Crippen molar-refractivity contribution in [1.82, 2.24) is 14.8 Å². The number of aromatic nitrogens is 3. The number of nitrogens with zero attached hydrogens (tertiary/aromatic N) is 4. The van der Waals surface area contributed by atoms with Gasteiger partial charge >= 0.3 is 0 Å². The van der Waals surface area contributed by atoms with E-state index in [1.165, 1.54) is 31.0 Å². The monoisotopic (exact) mass is 556 g/mol. The van der Waals surface area contributed by atoms with Crippen LogP contribution in [-0.2, 0) is 6.61 Å². The second-order valence-electron chi connectivity index (χ2n) is 8.70. The summed E-state index contributed by atoms with van der Waals surface area (Å²) in [6, 6.07) is 15.2. The third kappa shape index (κ3) is 6.25. The Balaban J connectivity index is 1.65. The predicted molar refractivity (Wildman–Crippen MR) is 145 cm³/mol. The van der Waals surface area contributed by atoms with Crippen LogP contribution in [0, 0.1) is 36.7 Å². The molecule has 0 saturated carbocycles. The maximum atomic E-state index is 13.2. The number of ether oxygens (including phenoxy) is 2. The van der Waals surface area contributed by atoms with E-state index >= 15 is 0 Å². The molecule has 0 aliphatic rings. The van der Waals surface area contributed by atoms with Gasteiger partial charge in [-0.05, 0) is 79.4 Å². The fraction of sp³-hybridized carbons (Fsp3) is 0.259. The normalized spacial score (nSPS) is 11.8. The molecule has 1 aromatic heterocycles. The van der Waals surface area contributed by atoms with Crippen LogP contribution in [0.3, 0.4) is 0 Å². The first-order valence-corrected chi connectivity index (χ1v) is 12.9. The van der Waals surface area contributed by atoms with E-state index in [-0.39, 0.29) is 28.9 Å². The van der Waals surface area contributed by atoms with Gasteiger partial charge in [-0.3, -0.25) is 14.7 Å². The van der Waals surface area contributed by atoms with Gasteiger partial charge in [0.05, 0.1) is 12.1 Å². The fourth-order valence-electron chi connectivity index (χ4n) is 3.86. The molecule has 8 nitrogen and oxygen atoms in total. The Hall–Kier alpha value is -3.63. The second-order valence-corrected chi connectivity index (χ2v) is 10.3. The Kier molecular flexibility index (Phi) is 8.53. The summed E-state index contributed by atoms with van der Waals surface area (Å²) < 4.78 is 26.5. The zero-order valence-corrected chi connectivity index (χ0v) is 22.8. The summed E-state index contributed by atoms with van der Waals surface area (Å²) in [6.07, 6.45) is 0. The molecule has 4 rings (SSSR count). The van der Waals surface area contributed by atoms with Crippen LogP contribution in [0.1, 0.15) is 33.3 Å². The Morgan fingerprint density at radius 2 is 1.82 bits per heavy atom. The lowest BCUT2D eigenvalue weighted by Gasteiger charge is -2.18. The lowest BCUT2D eigenvalue weighted by molar-refractivity contribution is -0.479. The predicted octanol–water partition coefficient (Wildman–Crippen LogP) is 6.68. The maximum absolute atomic E-state index is 13.2. The molecule has 38 heavy (non-hydrogen) atoms.